The van der Waals surface area contributed by atoms with Crippen molar-refractivity contribution in [3.05, 3.63) is 47.5 Å². The number of nitrogens with zero attached hydrogens (tertiary/aromatic N) is 1. The lowest BCUT2D eigenvalue weighted by molar-refractivity contribution is -0.200. The molecule has 0 aromatic heterocycles. The largest absolute Gasteiger partial charge is 0.497 e. The van der Waals surface area contributed by atoms with E-state index in [0.717, 1.165) is 12.1 Å². The van der Waals surface area contributed by atoms with Crippen molar-refractivity contribution in [3.63, 3.8) is 0 Å². The van der Waals surface area contributed by atoms with E-state index in [1.165, 1.54) is 52.7 Å². The molecule has 1 saturated heterocycles. The van der Waals surface area contributed by atoms with Gasteiger partial charge >= 0.3 is 12.2 Å². The molecule has 0 spiro atoms. The van der Waals surface area contributed by atoms with E-state index < -0.39 is 36.2 Å². The molecule has 2 aromatic carbocycles. The maximum Gasteiger partial charge on any atom is 0.440 e. The van der Waals surface area contributed by atoms with Crippen molar-refractivity contribution in [1.29, 1.82) is 0 Å². The number of carbonyl (C=O) groups is 3. The second kappa shape index (κ2) is 9.60. The summed E-state index contributed by atoms with van der Waals surface area (Å²) in [4.78, 5) is 38.6. The fraction of sp³-hybridized carbons (Fsp3) is 0.318. The number of hydrogen-bond acceptors (Lipinski definition) is 7. The first kappa shape index (κ1) is 25.5. The van der Waals surface area contributed by atoms with Gasteiger partial charge in [-0.25, -0.2) is 4.79 Å². The lowest BCUT2D eigenvalue weighted by Crippen LogP contribution is -2.69. The number of urea groups is 1. The summed E-state index contributed by atoms with van der Waals surface area (Å²) in [5.41, 5.74) is -3.66. The Bertz CT molecular complexity index is 1110. The zero-order chi connectivity index (χ0) is 26.0. The summed E-state index contributed by atoms with van der Waals surface area (Å²) < 4.78 is 62.9. The number of alkyl halides is 3. The molecule has 3 rings (SSSR count). The fourth-order valence-electron chi connectivity index (χ4n) is 3.44. The monoisotopic (exact) mass is 497 g/mol. The number of amides is 4. The van der Waals surface area contributed by atoms with Crippen molar-refractivity contribution >= 4 is 17.8 Å². The fourth-order valence-corrected chi connectivity index (χ4v) is 3.44. The van der Waals surface area contributed by atoms with Crippen molar-refractivity contribution < 1.29 is 46.5 Å². The van der Waals surface area contributed by atoms with Crippen molar-refractivity contribution in [2.75, 3.05) is 28.4 Å². The third-order valence-corrected chi connectivity index (χ3v) is 5.26. The Hall–Kier alpha value is -4.16. The first-order valence-electron chi connectivity index (χ1n) is 9.97. The van der Waals surface area contributed by atoms with Crippen LogP contribution >= 0.6 is 0 Å². The summed E-state index contributed by atoms with van der Waals surface area (Å²) in [6.07, 6.45) is -5.37. The quantitative estimate of drug-likeness (QED) is 0.539. The lowest BCUT2D eigenvalue weighted by Gasteiger charge is -2.30. The Morgan fingerprint density at radius 2 is 1.54 bits per heavy atom. The van der Waals surface area contributed by atoms with Crippen LogP contribution < -0.4 is 29.6 Å². The summed E-state index contributed by atoms with van der Waals surface area (Å²) in [6, 6.07) is 6.92. The van der Waals surface area contributed by atoms with Crippen LogP contribution in [0.3, 0.4) is 0 Å². The molecule has 1 heterocycles. The molecule has 35 heavy (non-hydrogen) atoms. The number of nitrogens with one attached hydrogen (secondary N) is 2. The van der Waals surface area contributed by atoms with Crippen LogP contribution in [0.15, 0.2) is 36.4 Å². The van der Waals surface area contributed by atoms with Crippen LogP contribution in [0, 0.1) is 0 Å². The number of hydrogen-bond donors (Lipinski definition) is 2. The Balaban J connectivity index is 1.95. The van der Waals surface area contributed by atoms with Gasteiger partial charge in [-0.15, -0.1) is 0 Å². The normalized spacial score (nSPS) is 17.6. The first-order valence-corrected chi connectivity index (χ1v) is 9.97. The third-order valence-electron chi connectivity index (χ3n) is 5.26. The molecule has 0 bridgehead atoms. The van der Waals surface area contributed by atoms with Crippen molar-refractivity contribution in [3.8, 4) is 23.0 Å². The number of methoxy groups -OCH3 is 4. The summed E-state index contributed by atoms with van der Waals surface area (Å²) in [6.45, 7) is -0.466. The van der Waals surface area contributed by atoms with Gasteiger partial charge in [0.2, 0.25) is 5.75 Å². The number of halogens is 3. The molecule has 0 radical (unpaired) electrons. The van der Waals surface area contributed by atoms with Crippen LogP contribution in [0.5, 0.6) is 23.0 Å². The van der Waals surface area contributed by atoms with Crippen LogP contribution in [0.1, 0.15) is 15.9 Å². The molecule has 2 N–H and O–H groups in total. The smallest absolute Gasteiger partial charge is 0.440 e. The number of imide groups is 1. The summed E-state index contributed by atoms with van der Waals surface area (Å²) in [7, 11) is 5.26. The molecule has 1 unspecified atom stereocenters. The average Bonchev–Trinajstić information content (AvgIpc) is 3.08. The van der Waals surface area contributed by atoms with Gasteiger partial charge in [0.1, 0.15) is 5.75 Å². The van der Waals surface area contributed by atoms with Gasteiger partial charge in [-0.3, -0.25) is 19.8 Å². The number of ether oxygens (including phenoxy) is 4. The minimum Gasteiger partial charge on any atom is -0.497 e. The van der Waals surface area contributed by atoms with Crippen LogP contribution in [0.4, 0.5) is 18.0 Å². The highest BCUT2D eigenvalue weighted by Gasteiger charge is 2.68. The minimum absolute atomic E-state index is 0.000903. The number of carbonyl (C=O) groups excluding carboxylic acids is 3. The topological polar surface area (TPSA) is 115 Å². The molecule has 0 saturated carbocycles. The minimum atomic E-state index is -5.37. The molecule has 10 nitrogen and oxygen atoms in total. The highest BCUT2D eigenvalue weighted by atomic mass is 19.4. The Morgan fingerprint density at radius 3 is 2.00 bits per heavy atom. The van der Waals surface area contributed by atoms with Gasteiger partial charge in [0.15, 0.2) is 11.5 Å². The van der Waals surface area contributed by atoms with Crippen molar-refractivity contribution in [1.82, 2.24) is 15.5 Å². The van der Waals surface area contributed by atoms with E-state index in [1.54, 1.807) is 10.6 Å². The van der Waals surface area contributed by atoms with Gasteiger partial charge in [-0.2, -0.15) is 13.2 Å². The maximum atomic E-state index is 14.2. The van der Waals surface area contributed by atoms with Crippen LogP contribution in [-0.4, -0.2) is 63.0 Å². The van der Waals surface area contributed by atoms with Crippen LogP contribution in [0.25, 0.3) is 0 Å². The highest BCUT2D eigenvalue weighted by molar-refractivity contribution is 6.10. The van der Waals surface area contributed by atoms with E-state index in [-0.39, 0.29) is 22.8 Å². The second-order valence-electron chi connectivity index (χ2n) is 7.29. The maximum absolute atomic E-state index is 14.2. The standard InChI is InChI=1S/C22H22F3N3O7/c1-32-14-7-5-12(6-8-14)11-28-19(30)21(22(23,24)25,27-20(28)31)26-18(29)13-9-15(33-2)17(35-4)16(10-13)34-3/h5-10H,11H2,1-4H3,(H,26,29)(H,27,31). The molecule has 188 valence electrons. The molecule has 1 atom stereocenters. The summed E-state index contributed by atoms with van der Waals surface area (Å²) in [5, 5.41) is 3.24. The van der Waals surface area contributed by atoms with Gasteiger partial charge in [-0.05, 0) is 29.8 Å². The van der Waals surface area contributed by atoms with E-state index in [0.29, 0.717) is 16.2 Å². The first-order chi connectivity index (χ1) is 16.5. The van der Waals surface area contributed by atoms with Crippen LogP contribution in [-0.2, 0) is 11.3 Å². The zero-order valence-corrected chi connectivity index (χ0v) is 19.1. The molecule has 13 heteroatoms. The van der Waals surface area contributed by atoms with Gasteiger partial charge < -0.3 is 24.3 Å². The number of rotatable bonds is 8. The van der Waals surface area contributed by atoms with Gasteiger partial charge in [0.25, 0.3) is 17.5 Å². The third kappa shape index (κ3) is 4.61. The Kier molecular flexibility index (Phi) is 6.99. The van der Waals surface area contributed by atoms with E-state index >= 15 is 0 Å². The van der Waals surface area contributed by atoms with E-state index in [9.17, 15) is 27.6 Å². The SMILES string of the molecule is COc1ccc(CN2C(=O)NC(NC(=O)c3cc(OC)c(OC)c(OC)c3)(C(F)(F)F)C2=O)cc1. The van der Waals surface area contributed by atoms with E-state index in [1.807, 2.05) is 0 Å². The van der Waals surface area contributed by atoms with E-state index in [4.69, 9.17) is 18.9 Å². The highest BCUT2D eigenvalue weighted by Crippen LogP contribution is 2.39. The Morgan fingerprint density at radius 1 is 0.971 bits per heavy atom. The predicted octanol–water partition coefficient (Wildman–Crippen LogP) is 2.46. The second-order valence-corrected chi connectivity index (χ2v) is 7.29. The molecule has 0 aliphatic carbocycles. The zero-order valence-electron chi connectivity index (χ0n) is 19.1. The van der Waals surface area contributed by atoms with Gasteiger partial charge in [0, 0.05) is 5.56 Å². The summed E-state index contributed by atoms with van der Waals surface area (Å²) in [5.74, 6) is -2.42. The molecule has 1 aliphatic heterocycles. The van der Waals surface area contributed by atoms with Gasteiger partial charge in [0.05, 0.1) is 35.0 Å². The van der Waals surface area contributed by atoms with Crippen LogP contribution in [0.2, 0.25) is 0 Å². The molecule has 4 amide bonds. The molecular weight excluding hydrogens is 475 g/mol. The van der Waals surface area contributed by atoms with Crippen molar-refractivity contribution in [2.45, 2.75) is 18.4 Å². The molecular formula is C22H22F3N3O7. The average molecular weight is 497 g/mol. The number of benzene rings is 2. The van der Waals surface area contributed by atoms with Gasteiger partial charge in [-0.1, -0.05) is 12.1 Å². The molecule has 1 aliphatic rings. The molecule has 2 aromatic rings. The Labute approximate surface area is 197 Å². The molecule has 1 fully saturated rings. The predicted molar refractivity (Wildman–Crippen MR) is 114 cm³/mol. The van der Waals surface area contributed by atoms with E-state index in [2.05, 4.69) is 0 Å². The summed E-state index contributed by atoms with van der Waals surface area (Å²) >= 11 is 0. The lowest BCUT2D eigenvalue weighted by atomic mass is 10.1. The van der Waals surface area contributed by atoms with Crippen molar-refractivity contribution in [2.24, 2.45) is 0 Å².